The predicted octanol–water partition coefficient (Wildman–Crippen LogP) is 4.60. The average molecular weight is 376 g/mol. The van der Waals surface area contributed by atoms with Crippen LogP contribution >= 0.6 is 27.7 Å². The van der Waals surface area contributed by atoms with Gasteiger partial charge in [0.2, 0.25) is 5.91 Å². The largest absolute Gasteiger partial charge is 0.323 e. The fraction of sp³-hybridized carbons (Fsp3) is 0.0714. The molecule has 0 saturated heterocycles. The lowest BCUT2D eigenvalue weighted by atomic mass is 10.3. The fourth-order valence-electron chi connectivity index (χ4n) is 1.48. The lowest BCUT2D eigenvalue weighted by molar-refractivity contribution is -0.113. The zero-order valence-electron chi connectivity index (χ0n) is 10.5. The molecule has 1 N–H and O–H groups in total. The number of carbonyl (C=O) groups excluding carboxylic acids is 1. The van der Waals surface area contributed by atoms with Crippen LogP contribution in [0.2, 0.25) is 0 Å². The van der Waals surface area contributed by atoms with Crippen molar-refractivity contribution in [1.29, 1.82) is 0 Å². The number of benzene rings is 2. The molecule has 21 heavy (non-hydrogen) atoms. The fourth-order valence-corrected chi connectivity index (χ4v) is 2.45. The van der Waals surface area contributed by atoms with E-state index >= 15 is 0 Å². The SMILES string of the molecule is O=C(CSc1ccc(Br)cc1)Nc1cc(F)c(F)cc1F. The lowest BCUT2D eigenvalue weighted by Gasteiger charge is -2.07. The molecule has 2 aromatic rings. The van der Waals surface area contributed by atoms with Gasteiger partial charge < -0.3 is 5.32 Å². The van der Waals surface area contributed by atoms with Crippen molar-refractivity contribution >= 4 is 39.3 Å². The maximum atomic E-state index is 13.4. The molecular weight excluding hydrogens is 367 g/mol. The van der Waals surface area contributed by atoms with Crippen molar-refractivity contribution in [2.24, 2.45) is 0 Å². The number of carbonyl (C=O) groups is 1. The van der Waals surface area contributed by atoms with Gasteiger partial charge in [-0.2, -0.15) is 0 Å². The maximum Gasteiger partial charge on any atom is 0.234 e. The quantitative estimate of drug-likeness (QED) is 0.625. The van der Waals surface area contributed by atoms with E-state index in [4.69, 9.17) is 0 Å². The number of nitrogens with one attached hydrogen (secondary N) is 1. The monoisotopic (exact) mass is 375 g/mol. The number of anilines is 1. The van der Waals surface area contributed by atoms with E-state index in [9.17, 15) is 18.0 Å². The number of hydrogen-bond acceptors (Lipinski definition) is 2. The van der Waals surface area contributed by atoms with E-state index in [2.05, 4.69) is 21.2 Å². The van der Waals surface area contributed by atoms with Gasteiger partial charge in [-0.3, -0.25) is 4.79 Å². The summed E-state index contributed by atoms with van der Waals surface area (Å²) in [5.41, 5.74) is -0.379. The number of halogens is 4. The third-order valence-corrected chi connectivity index (χ3v) is 4.01. The Morgan fingerprint density at radius 3 is 2.33 bits per heavy atom. The molecule has 0 aliphatic carbocycles. The van der Waals surface area contributed by atoms with E-state index < -0.39 is 23.4 Å². The standard InChI is InChI=1S/C14H9BrF3NOS/c15-8-1-3-9(4-2-8)21-7-14(20)19-13-6-11(17)10(16)5-12(13)18/h1-6H,7H2,(H,19,20). The van der Waals surface area contributed by atoms with Gasteiger partial charge in [-0.15, -0.1) is 11.8 Å². The van der Waals surface area contributed by atoms with Crippen LogP contribution in [-0.4, -0.2) is 11.7 Å². The first-order chi connectivity index (χ1) is 9.95. The number of amides is 1. The van der Waals surface area contributed by atoms with Crippen molar-refractivity contribution in [3.63, 3.8) is 0 Å². The minimum atomic E-state index is -1.30. The summed E-state index contributed by atoms with van der Waals surface area (Å²) >= 11 is 4.54. The van der Waals surface area contributed by atoms with Gasteiger partial charge >= 0.3 is 0 Å². The third kappa shape index (κ3) is 4.50. The minimum absolute atomic E-state index is 0.0278. The number of hydrogen-bond donors (Lipinski definition) is 1. The summed E-state index contributed by atoms with van der Waals surface area (Å²) < 4.78 is 40.0. The first-order valence-corrected chi connectivity index (χ1v) is 7.56. The molecule has 110 valence electrons. The van der Waals surface area contributed by atoms with Crippen LogP contribution in [-0.2, 0) is 4.79 Å². The third-order valence-electron chi connectivity index (χ3n) is 2.47. The van der Waals surface area contributed by atoms with Crippen LogP contribution in [0.3, 0.4) is 0 Å². The van der Waals surface area contributed by atoms with E-state index in [1.165, 1.54) is 11.8 Å². The van der Waals surface area contributed by atoms with Crippen LogP contribution < -0.4 is 5.32 Å². The smallest absolute Gasteiger partial charge is 0.234 e. The van der Waals surface area contributed by atoms with Gasteiger partial charge in [0.1, 0.15) is 5.82 Å². The summed E-state index contributed by atoms with van der Waals surface area (Å²) in [4.78, 5) is 12.5. The Morgan fingerprint density at radius 1 is 1.05 bits per heavy atom. The highest BCUT2D eigenvalue weighted by molar-refractivity contribution is 9.10. The van der Waals surface area contributed by atoms with Crippen molar-refractivity contribution in [2.45, 2.75) is 4.90 Å². The van der Waals surface area contributed by atoms with E-state index in [0.717, 1.165) is 9.37 Å². The van der Waals surface area contributed by atoms with Crippen LogP contribution in [0.4, 0.5) is 18.9 Å². The number of rotatable bonds is 4. The van der Waals surface area contributed by atoms with Crippen LogP contribution in [0.15, 0.2) is 45.8 Å². The van der Waals surface area contributed by atoms with Crippen LogP contribution in [0.5, 0.6) is 0 Å². The van der Waals surface area contributed by atoms with E-state index in [0.29, 0.717) is 12.1 Å². The zero-order valence-corrected chi connectivity index (χ0v) is 12.9. The normalized spacial score (nSPS) is 10.5. The van der Waals surface area contributed by atoms with Crippen molar-refractivity contribution < 1.29 is 18.0 Å². The number of thioether (sulfide) groups is 1. The Morgan fingerprint density at radius 2 is 1.67 bits per heavy atom. The maximum absolute atomic E-state index is 13.4. The van der Waals surface area contributed by atoms with Gasteiger partial charge in [0.05, 0.1) is 11.4 Å². The summed E-state index contributed by atoms with van der Waals surface area (Å²) in [7, 11) is 0. The Bertz CT molecular complexity index is 664. The van der Waals surface area contributed by atoms with E-state index in [1.807, 2.05) is 24.3 Å². The minimum Gasteiger partial charge on any atom is -0.323 e. The van der Waals surface area contributed by atoms with Gasteiger partial charge in [0.25, 0.3) is 0 Å². The highest BCUT2D eigenvalue weighted by Crippen LogP contribution is 2.22. The molecule has 0 aromatic heterocycles. The molecular formula is C14H9BrF3NOS. The van der Waals surface area contributed by atoms with Gasteiger partial charge in [0, 0.05) is 21.5 Å². The van der Waals surface area contributed by atoms with E-state index in [-0.39, 0.29) is 11.4 Å². The molecule has 2 nitrogen and oxygen atoms in total. The first kappa shape index (κ1) is 15.9. The zero-order chi connectivity index (χ0) is 15.4. The molecule has 0 radical (unpaired) electrons. The molecule has 0 atom stereocenters. The van der Waals surface area contributed by atoms with E-state index in [1.54, 1.807) is 0 Å². The van der Waals surface area contributed by atoms with Crippen LogP contribution in [0.25, 0.3) is 0 Å². The van der Waals surface area contributed by atoms with Gasteiger partial charge in [-0.1, -0.05) is 15.9 Å². The molecule has 1 amide bonds. The second kappa shape index (κ2) is 7.00. The molecule has 2 rings (SSSR count). The Labute approximate surface area is 131 Å². The summed E-state index contributed by atoms with van der Waals surface area (Å²) in [6.07, 6.45) is 0. The molecule has 7 heteroatoms. The van der Waals surface area contributed by atoms with Crippen molar-refractivity contribution in [1.82, 2.24) is 0 Å². The van der Waals surface area contributed by atoms with Gasteiger partial charge in [-0.05, 0) is 24.3 Å². The highest BCUT2D eigenvalue weighted by Gasteiger charge is 2.12. The summed E-state index contributed by atoms with van der Waals surface area (Å²) in [6, 6.07) is 8.31. The molecule has 2 aromatic carbocycles. The second-order valence-electron chi connectivity index (χ2n) is 4.04. The Kier molecular flexibility index (Phi) is 5.30. The second-order valence-corrected chi connectivity index (χ2v) is 6.00. The summed E-state index contributed by atoms with van der Waals surface area (Å²) in [6.45, 7) is 0. The van der Waals surface area contributed by atoms with Crippen LogP contribution in [0, 0.1) is 17.5 Å². The first-order valence-electron chi connectivity index (χ1n) is 5.78. The Balaban J connectivity index is 1.96. The molecule has 0 spiro atoms. The highest BCUT2D eigenvalue weighted by atomic mass is 79.9. The van der Waals surface area contributed by atoms with Gasteiger partial charge in [0.15, 0.2) is 11.6 Å². The lowest BCUT2D eigenvalue weighted by Crippen LogP contribution is -2.15. The summed E-state index contributed by atoms with van der Waals surface area (Å²) in [5.74, 6) is -4.01. The summed E-state index contributed by atoms with van der Waals surface area (Å²) in [5, 5.41) is 2.21. The average Bonchev–Trinajstić information content (AvgIpc) is 2.44. The van der Waals surface area contributed by atoms with Gasteiger partial charge in [-0.25, -0.2) is 13.2 Å². The topological polar surface area (TPSA) is 29.1 Å². The molecule has 0 bridgehead atoms. The molecule has 0 aliphatic rings. The molecule has 0 saturated carbocycles. The molecule has 0 heterocycles. The van der Waals surface area contributed by atoms with Crippen molar-refractivity contribution in [2.75, 3.05) is 11.1 Å². The molecule has 0 unspecified atom stereocenters. The molecule has 0 aliphatic heterocycles. The van der Waals surface area contributed by atoms with Crippen molar-refractivity contribution in [3.05, 3.63) is 58.3 Å². The van der Waals surface area contributed by atoms with Crippen molar-refractivity contribution in [3.8, 4) is 0 Å². The Hall–Kier alpha value is -1.47. The molecule has 0 fully saturated rings. The predicted molar refractivity (Wildman–Crippen MR) is 79.8 cm³/mol. The van der Waals surface area contributed by atoms with Crippen LogP contribution in [0.1, 0.15) is 0 Å².